The molecule has 0 bridgehead atoms. The van der Waals surface area contributed by atoms with Gasteiger partial charge < -0.3 is 5.32 Å². The highest BCUT2D eigenvalue weighted by Gasteiger charge is 2.32. The van der Waals surface area contributed by atoms with Crippen molar-refractivity contribution in [3.63, 3.8) is 0 Å². The molecule has 0 spiro atoms. The quantitative estimate of drug-likeness (QED) is 0.881. The summed E-state index contributed by atoms with van der Waals surface area (Å²) in [7, 11) is 0. The predicted octanol–water partition coefficient (Wildman–Crippen LogP) is 1.20. The standard InChI is InChI=1S/C15H19N7OS/c23-15-16-3-4-21(15)11-5-17-22(8-11)12-6-20(7-12)9-13-18-19-14(24-13)10-1-2-10/h5,8,10,12H,1-4,6-7,9H2,(H,16,23). The van der Waals surface area contributed by atoms with Crippen LogP contribution in [0.4, 0.5) is 10.5 Å². The van der Waals surface area contributed by atoms with E-state index in [-0.39, 0.29) is 6.03 Å². The monoisotopic (exact) mass is 345 g/mol. The lowest BCUT2D eigenvalue weighted by Gasteiger charge is -2.38. The second-order valence-corrected chi connectivity index (χ2v) is 7.81. The maximum Gasteiger partial charge on any atom is 0.322 e. The molecule has 3 aliphatic rings. The second-order valence-electron chi connectivity index (χ2n) is 6.72. The maximum absolute atomic E-state index is 11.7. The molecular formula is C15H19N7OS. The third-order valence-corrected chi connectivity index (χ3v) is 5.91. The summed E-state index contributed by atoms with van der Waals surface area (Å²) in [5.41, 5.74) is 0.877. The molecule has 4 heterocycles. The molecule has 2 aliphatic heterocycles. The van der Waals surface area contributed by atoms with Gasteiger partial charge in [0.2, 0.25) is 0 Å². The number of amides is 2. The molecule has 126 valence electrons. The van der Waals surface area contributed by atoms with Crippen LogP contribution in [0.25, 0.3) is 0 Å². The number of aromatic nitrogens is 4. The lowest BCUT2D eigenvalue weighted by Crippen LogP contribution is -2.47. The minimum absolute atomic E-state index is 0.0347. The number of nitrogens with one attached hydrogen (secondary N) is 1. The van der Waals surface area contributed by atoms with Crippen LogP contribution in [-0.2, 0) is 6.54 Å². The van der Waals surface area contributed by atoms with Gasteiger partial charge in [-0.15, -0.1) is 10.2 Å². The van der Waals surface area contributed by atoms with Crippen LogP contribution < -0.4 is 10.2 Å². The predicted molar refractivity (Wildman–Crippen MR) is 89.2 cm³/mol. The molecule has 8 nitrogen and oxygen atoms in total. The van der Waals surface area contributed by atoms with Gasteiger partial charge in [-0.25, -0.2) is 4.79 Å². The molecule has 0 radical (unpaired) electrons. The fourth-order valence-corrected chi connectivity index (χ4v) is 4.30. The topological polar surface area (TPSA) is 79.2 Å². The summed E-state index contributed by atoms with van der Waals surface area (Å²) >= 11 is 1.76. The Bertz CT molecular complexity index is 761. The fourth-order valence-electron chi connectivity index (χ4n) is 3.24. The Labute approximate surface area is 143 Å². The number of urea groups is 1. The number of hydrogen-bond acceptors (Lipinski definition) is 6. The van der Waals surface area contributed by atoms with Crippen LogP contribution in [-0.4, -0.2) is 57.1 Å². The van der Waals surface area contributed by atoms with E-state index < -0.39 is 0 Å². The Morgan fingerprint density at radius 2 is 2.17 bits per heavy atom. The largest absolute Gasteiger partial charge is 0.336 e. The molecule has 0 unspecified atom stereocenters. The van der Waals surface area contributed by atoms with Crippen molar-refractivity contribution >= 4 is 23.1 Å². The van der Waals surface area contributed by atoms with E-state index in [1.165, 1.54) is 17.8 Å². The average Bonchev–Trinajstić information content (AvgIpc) is 2.95. The normalized spacial score (nSPS) is 22.0. The van der Waals surface area contributed by atoms with Crippen LogP contribution in [0.3, 0.4) is 0 Å². The van der Waals surface area contributed by atoms with Gasteiger partial charge in [0, 0.05) is 38.3 Å². The maximum atomic E-state index is 11.7. The third kappa shape index (κ3) is 2.57. The summed E-state index contributed by atoms with van der Waals surface area (Å²) in [6, 6.07) is 0.341. The lowest BCUT2D eigenvalue weighted by atomic mass is 10.1. The summed E-state index contributed by atoms with van der Waals surface area (Å²) in [6.07, 6.45) is 6.30. The molecule has 1 N–H and O–H groups in total. The lowest BCUT2D eigenvalue weighted by molar-refractivity contribution is 0.0906. The number of carbonyl (C=O) groups is 1. The van der Waals surface area contributed by atoms with Crippen LogP contribution in [0, 0.1) is 0 Å². The summed E-state index contributed by atoms with van der Waals surface area (Å²) in [4.78, 5) is 15.8. The first kappa shape index (κ1) is 14.4. The molecule has 1 aliphatic carbocycles. The molecule has 5 rings (SSSR count). The van der Waals surface area contributed by atoms with Crippen LogP contribution in [0.2, 0.25) is 0 Å². The van der Waals surface area contributed by atoms with Gasteiger partial charge in [0.05, 0.1) is 24.5 Å². The number of nitrogens with zero attached hydrogens (tertiary/aromatic N) is 6. The zero-order valence-electron chi connectivity index (χ0n) is 13.3. The van der Waals surface area contributed by atoms with Crippen molar-refractivity contribution in [3.05, 3.63) is 22.4 Å². The van der Waals surface area contributed by atoms with Gasteiger partial charge in [-0.05, 0) is 12.8 Å². The zero-order chi connectivity index (χ0) is 16.1. The van der Waals surface area contributed by atoms with E-state index in [9.17, 15) is 4.79 Å². The van der Waals surface area contributed by atoms with E-state index >= 15 is 0 Å². The number of hydrogen-bond donors (Lipinski definition) is 1. The fraction of sp³-hybridized carbons (Fsp3) is 0.600. The van der Waals surface area contributed by atoms with Gasteiger partial charge >= 0.3 is 6.03 Å². The minimum atomic E-state index is -0.0347. The first-order chi connectivity index (χ1) is 11.8. The van der Waals surface area contributed by atoms with Gasteiger partial charge in [-0.2, -0.15) is 5.10 Å². The molecule has 3 fully saturated rings. The Balaban J connectivity index is 1.17. The molecule has 2 aromatic heterocycles. The Morgan fingerprint density at radius 3 is 2.92 bits per heavy atom. The summed E-state index contributed by atoms with van der Waals surface area (Å²) < 4.78 is 1.98. The van der Waals surface area contributed by atoms with Crippen LogP contribution in [0.5, 0.6) is 0 Å². The molecule has 1 saturated carbocycles. The number of carbonyl (C=O) groups excluding carboxylic acids is 1. The average molecular weight is 345 g/mol. The third-order valence-electron chi connectivity index (χ3n) is 4.84. The van der Waals surface area contributed by atoms with Crippen molar-refractivity contribution in [3.8, 4) is 0 Å². The molecular weight excluding hydrogens is 326 g/mol. The Morgan fingerprint density at radius 1 is 1.29 bits per heavy atom. The molecule has 0 aromatic carbocycles. The molecule has 9 heteroatoms. The number of likely N-dealkylation sites (tertiary alicyclic amines) is 1. The molecule has 2 aromatic rings. The van der Waals surface area contributed by atoms with Gasteiger partial charge in [0.15, 0.2) is 0 Å². The highest BCUT2D eigenvalue weighted by molar-refractivity contribution is 7.11. The number of rotatable bonds is 5. The highest BCUT2D eigenvalue weighted by atomic mass is 32.1. The summed E-state index contributed by atoms with van der Waals surface area (Å²) in [5.74, 6) is 0.686. The zero-order valence-corrected chi connectivity index (χ0v) is 14.1. The first-order valence-electron chi connectivity index (χ1n) is 8.40. The van der Waals surface area contributed by atoms with Crippen molar-refractivity contribution < 1.29 is 4.79 Å². The van der Waals surface area contributed by atoms with Crippen molar-refractivity contribution in [2.45, 2.75) is 31.3 Å². The van der Waals surface area contributed by atoms with E-state index in [4.69, 9.17) is 0 Å². The molecule has 2 saturated heterocycles. The van der Waals surface area contributed by atoms with Crippen LogP contribution in [0.15, 0.2) is 12.4 Å². The molecule has 0 atom stereocenters. The van der Waals surface area contributed by atoms with Gasteiger partial charge in [0.25, 0.3) is 0 Å². The molecule has 2 amide bonds. The second kappa shape index (κ2) is 5.52. The minimum Gasteiger partial charge on any atom is -0.336 e. The van der Waals surface area contributed by atoms with Gasteiger partial charge in [0.1, 0.15) is 10.0 Å². The highest BCUT2D eigenvalue weighted by Crippen LogP contribution is 2.41. The summed E-state index contributed by atoms with van der Waals surface area (Å²) in [6.45, 7) is 4.22. The van der Waals surface area contributed by atoms with Crippen LogP contribution >= 0.6 is 11.3 Å². The van der Waals surface area contributed by atoms with Crippen molar-refractivity contribution in [1.82, 2.24) is 30.2 Å². The Kier molecular flexibility index (Phi) is 3.30. The van der Waals surface area contributed by atoms with Crippen molar-refractivity contribution in [2.75, 3.05) is 31.1 Å². The van der Waals surface area contributed by atoms with Crippen LogP contribution in [0.1, 0.15) is 34.8 Å². The van der Waals surface area contributed by atoms with Crippen molar-refractivity contribution in [1.29, 1.82) is 0 Å². The van der Waals surface area contributed by atoms with E-state index in [0.29, 0.717) is 25.0 Å². The van der Waals surface area contributed by atoms with Gasteiger partial charge in [-0.3, -0.25) is 14.5 Å². The van der Waals surface area contributed by atoms with Gasteiger partial charge in [-0.1, -0.05) is 11.3 Å². The van der Waals surface area contributed by atoms with Crippen molar-refractivity contribution in [2.24, 2.45) is 0 Å². The molecule has 24 heavy (non-hydrogen) atoms. The Hall–Kier alpha value is -2.00. The van der Waals surface area contributed by atoms with E-state index in [1.807, 2.05) is 10.9 Å². The number of anilines is 1. The van der Waals surface area contributed by atoms with E-state index in [2.05, 4.69) is 25.5 Å². The SMILES string of the molecule is O=C1NCCN1c1cnn(C2CN(Cc3nnc(C4CC4)s3)C2)c1. The van der Waals surface area contributed by atoms with E-state index in [0.717, 1.165) is 30.3 Å². The first-order valence-corrected chi connectivity index (χ1v) is 9.22. The smallest absolute Gasteiger partial charge is 0.322 e. The summed E-state index contributed by atoms with van der Waals surface area (Å²) in [5, 5.41) is 18.2. The van der Waals surface area contributed by atoms with E-state index in [1.54, 1.807) is 22.4 Å².